The van der Waals surface area contributed by atoms with Gasteiger partial charge in [-0.15, -0.1) is 0 Å². The van der Waals surface area contributed by atoms with Crippen molar-refractivity contribution in [2.75, 3.05) is 26.2 Å². The van der Waals surface area contributed by atoms with Crippen molar-refractivity contribution < 1.29 is 8.78 Å². The molecule has 1 aliphatic heterocycles. The zero-order chi connectivity index (χ0) is 19.2. The van der Waals surface area contributed by atoms with Gasteiger partial charge in [-0.3, -0.25) is 4.90 Å². The predicted molar refractivity (Wildman–Crippen MR) is 103 cm³/mol. The molecule has 8 heteroatoms. The first kappa shape index (κ1) is 19.5. The van der Waals surface area contributed by atoms with Crippen molar-refractivity contribution >= 4 is 11.6 Å². The molecule has 1 fully saturated rings. The zero-order valence-electron chi connectivity index (χ0n) is 16.0. The summed E-state index contributed by atoms with van der Waals surface area (Å²) in [5.74, 6) is 0.749. The average Bonchev–Trinajstić information content (AvgIpc) is 3.06. The maximum Gasteiger partial charge on any atom is 0.251 e. The van der Waals surface area contributed by atoms with Crippen LogP contribution in [0.3, 0.4) is 0 Å². The fraction of sp³-hybridized carbons (Fsp3) is 0.579. The number of pyridine rings is 1. The number of nitrogens with one attached hydrogen (secondary N) is 2. The molecule has 0 aromatic carbocycles. The standard InChI is InChI=1S/C19H28F2N6/c1-3-22-19(25-15-7-9-26(10-8-15)13-17(20)21)23-11-16-12-27-14(2)5-4-6-18(27)24-16/h4-6,12,15,17H,3,7-11,13H2,1-2H3,(H2,22,23,25). The minimum Gasteiger partial charge on any atom is -0.357 e. The lowest BCUT2D eigenvalue weighted by Crippen LogP contribution is -2.49. The normalized spacial score (nSPS) is 17.0. The predicted octanol–water partition coefficient (Wildman–Crippen LogP) is 2.43. The lowest BCUT2D eigenvalue weighted by atomic mass is 10.1. The number of nitrogens with zero attached hydrogens (tertiary/aromatic N) is 4. The number of aliphatic imine (C=N–C) groups is 1. The Balaban J connectivity index is 1.58. The minimum absolute atomic E-state index is 0.131. The Morgan fingerprint density at radius 1 is 1.33 bits per heavy atom. The molecule has 3 heterocycles. The van der Waals surface area contributed by atoms with Gasteiger partial charge < -0.3 is 15.0 Å². The summed E-state index contributed by atoms with van der Waals surface area (Å²) in [4.78, 5) is 11.1. The summed E-state index contributed by atoms with van der Waals surface area (Å²) in [5, 5.41) is 6.70. The number of hydrogen-bond donors (Lipinski definition) is 2. The van der Waals surface area contributed by atoms with E-state index in [4.69, 9.17) is 0 Å². The second-order valence-electron chi connectivity index (χ2n) is 6.93. The molecule has 0 aliphatic carbocycles. The number of fused-ring (bicyclic) bond motifs is 1. The van der Waals surface area contributed by atoms with Crippen LogP contribution in [0.2, 0.25) is 0 Å². The molecule has 2 aromatic rings. The molecule has 0 bridgehead atoms. The maximum absolute atomic E-state index is 12.5. The summed E-state index contributed by atoms with van der Waals surface area (Å²) in [6.07, 6.45) is 1.43. The third-order valence-electron chi connectivity index (χ3n) is 4.81. The number of aryl methyl sites for hydroxylation is 1. The summed E-state index contributed by atoms with van der Waals surface area (Å²) in [5.41, 5.74) is 2.97. The van der Waals surface area contributed by atoms with Crippen molar-refractivity contribution in [3.8, 4) is 0 Å². The summed E-state index contributed by atoms with van der Waals surface area (Å²) in [6.45, 7) is 6.57. The van der Waals surface area contributed by atoms with Crippen molar-refractivity contribution in [1.29, 1.82) is 0 Å². The highest BCUT2D eigenvalue weighted by Gasteiger charge is 2.22. The van der Waals surface area contributed by atoms with Crippen LogP contribution in [0.25, 0.3) is 5.65 Å². The van der Waals surface area contributed by atoms with Crippen molar-refractivity contribution in [3.05, 3.63) is 35.8 Å². The molecular weight excluding hydrogens is 350 g/mol. The minimum atomic E-state index is -2.26. The number of halogens is 2. The van der Waals surface area contributed by atoms with Gasteiger partial charge in [0, 0.05) is 37.6 Å². The van der Waals surface area contributed by atoms with Crippen LogP contribution >= 0.6 is 0 Å². The van der Waals surface area contributed by atoms with E-state index in [1.165, 1.54) is 0 Å². The largest absolute Gasteiger partial charge is 0.357 e. The molecule has 2 N–H and O–H groups in total. The second-order valence-corrected chi connectivity index (χ2v) is 6.93. The lowest BCUT2D eigenvalue weighted by molar-refractivity contribution is 0.0744. The number of piperidine rings is 1. The number of guanidine groups is 1. The van der Waals surface area contributed by atoms with E-state index in [2.05, 4.69) is 25.0 Å². The highest BCUT2D eigenvalue weighted by Crippen LogP contribution is 2.12. The highest BCUT2D eigenvalue weighted by molar-refractivity contribution is 5.80. The van der Waals surface area contributed by atoms with Crippen LogP contribution in [-0.2, 0) is 6.54 Å². The Bertz CT molecular complexity index is 765. The van der Waals surface area contributed by atoms with Gasteiger partial charge in [-0.25, -0.2) is 18.8 Å². The molecule has 1 aliphatic rings. The quantitative estimate of drug-likeness (QED) is 0.599. The van der Waals surface area contributed by atoms with E-state index in [-0.39, 0.29) is 12.6 Å². The van der Waals surface area contributed by atoms with Gasteiger partial charge in [-0.1, -0.05) is 6.07 Å². The summed E-state index contributed by atoms with van der Waals surface area (Å²) in [7, 11) is 0. The van der Waals surface area contributed by atoms with Gasteiger partial charge in [-0.05, 0) is 38.8 Å². The topological polar surface area (TPSA) is 57.0 Å². The number of rotatable bonds is 6. The van der Waals surface area contributed by atoms with Crippen LogP contribution in [0.4, 0.5) is 8.78 Å². The summed E-state index contributed by atoms with van der Waals surface area (Å²) >= 11 is 0. The Kier molecular flexibility index (Phi) is 6.60. The fourth-order valence-corrected chi connectivity index (χ4v) is 3.40. The molecular formula is C19H28F2N6. The fourth-order valence-electron chi connectivity index (χ4n) is 3.40. The number of likely N-dealkylation sites (tertiary alicyclic amines) is 1. The molecule has 0 unspecified atom stereocenters. The van der Waals surface area contributed by atoms with Crippen molar-refractivity contribution in [2.45, 2.75) is 45.7 Å². The SMILES string of the molecule is CCNC(=NCc1cn2c(C)cccc2n1)NC1CCN(CC(F)F)CC1. The first-order chi connectivity index (χ1) is 13.0. The molecule has 1 saturated heterocycles. The van der Waals surface area contributed by atoms with Crippen molar-refractivity contribution in [3.63, 3.8) is 0 Å². The van der Waals surface area contributed by atoms with Gasteiger partial charge in [0.1, 0.15) is 5.65 Å². The van der Waals surface area contributed by atoms with Crippen LogP contribution in [0.15, 0.2) is 29.4 Å². The Hall–Kier alpha value is -2.22. The molecule has 27 heavy (non-hydrogen) atoms. The summed E-state index contributed by atoms with van der Waals surface area (Å²) in [6, 6.07) is 6.28. The van der Waals surface area contributed by atoms with Gasteiger partial charge in [-0.2, -0.15) is 0 Å². The molecule has 3 rings (SSSR count). The molecule has 0 atom stereocenters. The third kappa shape index (κ3) is 5.38. The Morgan fingerprint density at radius 3 is 2.78 bits per heavy atom. The number of aromatic nitrogens is 2. The maximum atomic E-state index is 12.5. The summed E-state index contributed by atoms with van der Waals surface area (Å²) < 4.78 is 27.1. The van der Waals surface area contributed by atoms with Crippen LogP contribution in [-0.4, -0.2) is 58.9 Å². The molecule has 0 radical (unpaired) electrons. The third-order valence-corrected chi connectivity index (χ3v) is 4.81. The molecule has 0 saturated carbocycles. The number of hydrogen-bond acceptors (Lipinski definition) is 3. The lowest BCUT2D eigenvalue weighted by Gasteiger charge is -2.32. The Morgan fingerprint density at radius 2 is 2.11 bits per heavy atom. The van der Waals surface area contributed by atoms with Gasteiger partial charge in [0.15, 0.2) is 5.96 Å². The highest BCUT2D eigenvalue weighted by atomic mass is 19.3. The van der Waals surface area contributed by atoms with E-state index in [0.717, 1.165) is 42.4 Å². The first-order valence-corrected chi connectivity index (χ1v) is 9.54. The van der Waals surface area contributed by atoms with Crippen LogP contribution in [0.1, 0.15) is 31.2 Å². The second kappa shape index (κ2) is 9.12. The molecule has 0 amide bonds. The number of alkyl halides is 2. The zero-order valence-corrected chi connectivity index (χ0v) is 16.0. The van der Waals surface area contributed by atoms with Crippen LogP contribution < -0.4 is 10.6 Å². The van der Waals surface area contributed by atoms with Gasteiger partial charge in [0.25, 0.3) is 6.43 Å². The first-order valence-electron chi connectivity index (χ1n) is 9.54. The van der Waals surface area contributed by atoms with E-state index in [0.29, 0.717) is 19.6 Å². The van der Waals surface area contributed by atoms with Gasteiger partial charge in [0.05, 0.1) is 18.8 Å². The van der Waals surface area contributed by atoms with E-state index in [9.17, 15) is 8.78 Å². The van der Waals surface area contributed by atoms with Crippen molar-refractivity contribution in [1.82, 2.24) is 24.9 Å². The molecule has 6 nitrogen and oxygen atoms in total. The van der Waals surface area contributed by atoms with E-state index in [1.54, 1.807) is 0 Å². The van der Waals surface area contributed by atoms with Gasteiger partial charge in [0.2, 0.25) is 0 Å². The number of imidazole rings is 1. The van der Waals surface area contributed by atoms with E-state index in [1.807, 2.05) is 43.1 Å². The molecule has 148 valence electrons. The average molecular weight is 378 g/mol. The molecule has 0 spiro atoms. The van der Waals surface area contributed by atoms with Crippen LogP contribution in [0.5, 0.6) is 0 Å². The van der Waals surface area contributed by atoms with Gasteiger partial charge >= 0.3 is 0 Å². The Labute approximate surface area is 158 Å². The monoisotopic (exact) mass is 378 g/mol. The van der Waals surface area contributed by atoms with E-state index >= 15 is 0 Å². The molecule has 2 aromatic heterocycles. The smallest absolute Gasteiger partial charge is 0.251 e. The van der Waals surface area contributed by atoms with Crippen molar-refractivity contribution in [2.24, 2.45) is 4.99 Å². The van der Waals surface area contributed by atoms with Crippen LogP contribution in [0, 0.1) is 6.92 Å². The van der Waals surface area contributed by atoms with E-state index < -0.39 is 6.43 Å².